The number of hydrogen-bond donors (Lipinski definition) is 2. The van der Waals surface area contributed by atoms with Crippen LogP contribution in [0.4, 0.5) is 0 Å². The third-order valence-corrected chi connectivity index (χ3v) is 4.68. The lowest BCUT2D eigenvalue weighted by Crippen LogP contribution is -2.42. The van der Waals surface area contributed by atoms with Crippen LogP contribution in [0.3, 0.4) is 0 Å². The van der Waals surface area contributed by atoms with Gasteiger partial charge in [0.25, 0.3) is 0 Å². The van der Waals surface area contributed by atoms with Gasteiger partial charge in [0.15, 0.2) is 9.84 Å². The molecule has 0 bridgehead atoms. The molecule has 0 aromatic rings. The van der Waals surface area contributed by atoms with E-state index >= 15 is 0 Å². The van der Waals surface area contributed by atoms with Crippen molar-refractivity contribution in [3.05, 3.63) is 0 Å². The van der Waals surface area contributed by atoms with Crippen molar-refractivity contribution in [2.24, 2.45) is 0 Å². The number of hydrogen-bond acceptors (Lipinski definition) is 4. The summed E-state index contributed by atoms with van der Waals surface area (Å²) in [6.45, 7) is 7.97. The van der Waals surface area contributed by atoms with Crippen LogP contribution in [0.15, 0.2) is 0 Å². The zero-order valence-electron chi connectivity index (χ0n) is 11.3. The summed E-state index contributed by atoms with van der Waals surface area (Å²) in [6, 6.07) is 0.134. The van der Waals surface area contributed by atoms with Gasteiger partial charge in [0, 0.05) is 31.8 Å². The van der Waals surface area contributed by atoms with Crippen molar-refractivity contribution in [1.29, 1.82) is 0 Å². The van der Waals surface area contributed by atoms with Gasteiger partial charge in [-0.25, -0.2) is 8.42 Å². The second-order valence-corrected chi connectivity index (χ2v) is 7.83. The molecule has 0 aliphatic heterocycles. The van der Waals surface area contributed by atoms with Gasteiger partial charge in [-0.2, -0.15) is 0 Å². The van der Waals surface area contributed by atoms with E-state index in [1.165, 1.54) is 6.26 Å². The highest BCUT2D eigenvalue weighted by Gasteiger charge is 2.29. The van der Waals surface area contributed by atoms with E-state index in [2.05, 4.69) is 10.6 Å². The highest BCUT2D eigenvalue weighted by molar-refractivity contribution is 7.92. The monoisotopic (exact) mass is 264 g/mol. The van der Waals surface area contributed by atoms with Crippen LogP contribution in [0.1, 0.15) is 34.1 Å². The van der Waals surface area contributed by atoms with Crippen molar-refractivity contribution in [1.82, 2.24) is 10.6 Å². The first-order valence-electron chi connectivity index (χ1n) is 5.76. The molecule has 17 heavy (non-hydrogen) atoms. The van der Waals surface area contributed by atoms with Gasteiger partial charge in [-0.15, -0.1) is 0 Å². The van der Waals surface area contributed by atoms with Gasteiger partial charge in [-0.3, -0.25) is 4.79 Å². The fraction of sp³-hybridized carbons (Fsp3) is 0.909. The lowest BCUT2D eigenvalue weighted by molar-refractivity contribution is -0.121. The van der Waals surface area contributed by atoms with Crippen LogP contribution < -0.4 is 10.6 Å². The number of carbonyl (C=O) groups excluding carboxylic acids is 1. The molecule has 5 nitrogen and oxygen atoms in total. The molecule has 6 heteroatoms. The molecule has 0 aliphatic rings. The summed E-state index contributed by atoms with van der Waals surface area (Å²) in [5.41, 5.74) is 0. The molecule has 1 amide bonds. The summed E-state index contributed by atoms with van der Waals surface area (Å²) < 4.78 is 22.0. The summed E-state index contributed by atoms with van der Waals surface area (Å²) in [5, 5.41) is 5.77. The van der Waals surface area contributed by atoms with Gasteiger partial charge in [0.1, 0.15) is 0 Å². The van der Waals surface area contributed by atoms with E-state index in [4.69, 9.17) is 0 Å². The Kier molecular flexibility index (Phi) is 6.12. The van der Waals surface area contributed by atoms with Crippen LogP contribution in [0.25, 0.3) is 0 Å². The fourth-order valence-electron chi connectivity index (χ4n) is 1.12. The van der Waals surface area contributed by atoms with E-state index in [9.17, 15) is 13.2 Å². The minimum absolute atomic E-state index is 0.0235. The van der Waals surface area contributed by atoms with E-state index in [1.54, 1.807) is 13.8 Å². The van der Waals surface area contributed by atoms with Gasteiger partial charge in [0.05, 0.1) is 4.75 Å². The Hall–Kier alpha value is -0.620. The Morgan fingerprint density at radius 1 is 1.29 bits per heavy atom. The summed E-state index contributed by atoms with van der Waals surface area (Å²) in [6.07, 6.45) is 1.58. The maximum Gasteiger partial charge on any atom is 0.221 e. The normalized spacial score (nSPS) is 12.8. The highest BCUT2D eigenvalue weighted by Crippen LogP contribution is 2.13. The molecular weight excluding hydrogens is 240 g/mol. The van der Waals surface area contributed by atoms with E-state index in [0.717, 1.165) is 0 Å². The largest absolute Gasteiger partial charge is 0.354 e. The number of amides is 1. The third-order valence-electron chi connectivity index (χ3n) is 2.53. The van der Waals surface area contributed by atoms with Crippen LogP contribution in [0.5, 0.6) is 0 Å². The molecule has 2 N–H and O–H groups in total. The zero-order chi connectivity index (χ0) is 13.7. The summed E-state index contributed by atoms with van der Waals surface area (Å²) in [5.74, 6) is -0.0235. The standard InChI is InChI=1S/C11H24N2O3S/c1-9(2)13-10(14)6-7-12-8-11(3,4)17(5,15)16/h9,12H,6-8H2,1-5H3,(H,13,14). The van der Waals surface area contributed by atoms with Crippen molar-refractivity contribution in [2.75, 3.05) is 19.3 Å². The predicted molar refractivity (Wildman–Crippen MR) is 69.7 cm³/mol. The summed E-state index contributed by atoms with van der Waals surface area (Å²) in [4.78, 5) is 11.3. The molecule has 0 rings (SSSR count). The molecule has 0 unspecified atom stereocenters. The maximum absolute atomic E-state index is 11.4. The summed E-state index contributed by atoms with van der Waals surface area (Å²) >= 11 is 0. The molecule has 102 valence electrons. The Labute approximate surface area is 104 Å². The van der Waals surface area contributed by atoms with Crippen molar-refractivity contribution in [3.63, 3.8) is 0 Å². The Morgan fingerprint density at radius 3 is 2.24 bits per heavy atom. The van der Waals surface area contributed by atoms with Crippen molar-refractivity contribution in [3.8, 4) is 0 Å². The van der Waals surface area contributed by atoms with Gasteiger partial charge in [-0.05, 0) is 27.7 Å². The first-order valence-corrected chi connectivity index (χ1v) is 7.65. The second-order valence-electron chi connectivity index (χ2n) is 5.18. The molecule has 0 saturated heterocycles. The molecule has 0 radical (unpaired) electrons. The number of carbonyl (C=O) groups is 1. The average Bonchev–Trinajstić information content (AvgIpc) is 2.09. The molecule has 0 fully saturated rings. The van der Waals surface area contributed by atoms with E-state index in [1.807, 2.05) is 13.8 Å². The van der Waals surface area contributed by atoms with E-state index < -0.39 is 14.6 Å². The number of sulfone groups is 1. The van der Waals surface area contributed by atoms with Gasteiger partial charge >= 0.3 is 0 Å². The van der Waals surface area contributed by atoms with E-state index in [-0.39, 0.29) is 11.9 Å². The minimum Gasteiger partial charge on any atom is -0.354 e. The molecule has 0 saturated carbocycles. The van der Waals surface area contributed by atoms with Crippen LogP contribution in [-0.2, 0) is 14.6 Å². The van der Waals surface area contributed by atoms with Gasteiger partial charge < -0.3 is 10.6 Å². The molecule has 0 aromatic carbocycles. The predicted octanol–water partition coefficient (Wildman–Crippen LogP) is 0.314. The van der Waals surface area contributed by atoms with Gasteiger partial charge in [-0.1, -0.05) is 0 Å². The zero-order valence-corrected chi connectivity index (χ0v) is 12.1. The molecule has 0 aliphatic carbocycles. The second kappa shape index (κ2) is 6.35. The first-order chi connectivity index (χ1) is 7.56. The lowest BCUT2D eigenvalue weighted by Gasteiger charge is -2.22. The van der Waals surface area contributed by atoms with Crippen LogP contribution in [-0.4, -0.2) is 44.5 Å². The summed E-state index contributed by atoms with van der Waals surface area (Å²) in [7, 11) is -3.09. The molecule has 0 heterocycles. The molecular formula is C11H24N2O3S. The van der Waals surface area contributed by atoms with Crippen molar-refractivity contribution >= 4 is 15.7 Å². The number of nitrogens with one attached hydrogen (secondary N) is 2. The maximum atomic E-state index is 11.4. The smallest absolute Gasteiger partial charge is 0.221 e. The lowest BCUT2D eigenvalue weighted by atomic mass is 10.2. The number of rotatable bonds is 7. The van der Waals surface area contributed by atoms with Crippen molar-refractivity contribution < 1.29 is 13.2 Å². The van der Waals surface area contributed by atoms with Crippen LogP contribution in [0, 0.1) is 0 Å². The van der Waals surface area contributed by atoms with Crippen LogP contribution >= 0.6 is 0 Å². The SMILES string of the molecule is CC(C)NC(=O)CCNCC(C)(C)S(C)(=O)=O. The molecule has 0 spiro atoms. The topological polar surface area (TPSA) is 75.3 Å². The highest BCUT2D eigenvalue weighted by atomic mass is 32.2. The van der Waals surface area contributed by atoms with Crippen molar-refractivity contribution in [2.45, 2.75) is 44.9 Å². The molecule has 0 aromatic heterocycles. The first kappa shape index (κ1) is 16.4. The fourth-order valence-corrected chi connectivity index (χ4v) is 1.48. The third kappa shape index (κ3) is 6.63. The Morgan fingerprint density at radius 2 is 1.82 bits per heavy atom. The molecule has 0 atom stereocenters. The quantitative estimate of drug-likeness (QED) is 0.649. The van der Waals surface area contributed by atoms with Crippen LogP contribution in [0.2, 0.25) is 0 Å². The van der Waals surface area contributed by atoms with E-state index in [0.29, 0.717) is 19.5 Å². The minimum atomic E-state index is -3.09. The van der Waals surface area contributed by atoms with Gasteiger partial charge in [0.2, 0.25) is 5.91 Å². The average molecular weight is 264 g/mol. The Balaban J connectivity index is 3.91. The Bertz CT molecular complexity index is 348.